The summed E-state index contributed by atoms with van der Waals surface area (Å²) in [5.74, 6) is -0.0412. The van der Waals surface area contributed by atoms with Crippen molar-refractivity contribution in [3.8, 4) is 11.3 Å². The topological polar surface area (TPSA) is 91.0 Å². The average Bonchev–Trinajstić information content (AvgIpc) is 3.16. The molecule has 7 nitrogen and oxygen atoms in total. The molecule has 4 rings (SSSR count). The molecule has 0 saturated heterocycles. The number of rotatable bonds is 4. The van der Waals surface area contributed by atoms with Gasteiger partial charge in [-0.1, -0.05) is 23.4 Å². The van der Waals surface area contributed by atoms with Gasteiger partial charge in [-0.2, -0.15) is 13.2 Å². The number of aliphatic imine (C=N–C) groups is 1. The third-order valence-electron chi connectivity index (χ3n) is 4.96. The van der Waals surface area contributed by atoms with Crippen molar-refractivity contribution in [3.63, 3.8) is 0 Å². The molecule has 1 aliphatic heterocycles. The highest BCUT2D eigenvalue weighted by Gasteiger charge is 2.36. The largest absolute Gasteiger partial charge is 0.418 e. The number of hydrogen-bond acceptors (Lipinski definition) is 6. The summed E-state index contributed by atoms with van der Waals surface area (Å²) in [7, 11) is 3.02. The van der Waals surface area contributed by atoms with Crippen LogP contribution < -0.4 is 10.2 Å². The maximum atomic E-state index is 13.5. The molecule has 0 bridgehead atoms. The number of carbonyl (C=O) groups excluding carboxylic acids is 1. The third kappa shape index (κ3) is 4.22. The van der Waals surface area contributed by atoms with Gasteiger partial charge < -0.3 is 19.8 Å². The molecule has 0 aliphatic carbocycles. The second-order valence-corrected chi connectivity index (χ2v) is 7.48. The number of aliphatic hydroxyl groups excluding tert-OH is 1. The van der Waals surface area contributed by atoms with Gasteiger partial charge in [-0.15, -0.1) is 0 Å². The summed E-state index contributed by atoms with van der Waals surface area (Å²) in [6.45, 7) is -0.263. The number of alkyl halides is 3. The standard InChI is InChI=1S/C22H19F3N4O3/c1-29(2)19-9-18-17(8-15(19)22(23,24)25)27-21(31)10-16(26-18)12-4-3-5-13(6-12)20-7-14(11-30)28-32-20/h3-9,30H,10-11H2,1-2H3,(H,27,31). The zero-order valence-electron chi connectivity index (χ0n) is 17.2. The number of anilines is 2. The van der Waals surface area contributed by atoms with E-state index in [2.05, 4.69) is 15.5 Å². The fourth-order valence-electron chi connectivity index (χ4n) is 3.44. The van der Waals surface area contributed by atoms with E-state index in [0.717, 1.165) is 6.07 Å². The number of aliphatic hydroxyl groups is 1. The van der Waals surface area contributed by atoms with Gasteiger partial charge in [-0.25, -0.2) is 0 Å². The maximum Gasteiger partial charge on any atom is 0.418 e. The molecule has 2 heterocycles. The van der Waals surface area contributed by atoms with Gasteiger partial charge in [0.2, 0.25) is 5.91 Å². The van der Waals surface area contributed by atoms with Crippen molar-refractivity contribution >= 4 is 28.7 Å². The normalized spacial score (nSPS) is 13.8. The Labute approximate surface area is 181 Å². The molecule has 2 aromatic carbocycles. The van der Waals surface area contributed by atoms with E-state index >= 15 is 0 Å². The minimum Gasteiger partial charge on any atom is -0.390 e. The average molecular weight is 444 g/mol. The number of halogens is 3. The van der Waals surface area contributed by atoms with Crippen LogP contribution in [0.5, 0.6) is 0 Å². The Bertz CT molecular complexity index is 1220. The quantitative estimate of drug-likeness (QED) is 0.623. The van der Waals surface area contributed by atoms with Crippen LogP contribution in [0.4, 0.5) is 30.2 Å². The highest BCUT2D eigenvalue weighted by molar-refractivity contribution is 6.17. The molecule has 0 unspecified atom stereocenters. The molecule has 0 radical (unpaired) electrons. The van der Waals surface area contributed by atoms with Crippen molar-refractivity contribution in [2.24, 2.45) is 4.99 Å². The van der Waals surface area contributed by atoms with Crippen LogP contribution in [0.3, 0.4) is 0 Å². The summed E-state index contributed by atoms with van der Waals surface area (Å²) in [6.07, 6.45) is -4.70. The first-order valence-corrected chi connectivity index (χ1v) is 9.63. The van der Waals surface area contributed by atoms with Gasteiger partial charge in [0.1, 0.15) is 5.69 Å². The van der Waals surface area contributed by atoms with Gasteiger partial charge in [0, 0.05) is 25.7 Å². The Morgan fingerprint density at radius 2 is 1.91 bits per heavy atom. The van der Waals surface area contributed by atoms with Crippen LogP contribution in [-0.4, -0.2) is 36.0 Å². The molecule has 0 fully saturated rings. The fraction of sp³-hybridized carbons (Fsp3) is 0.227. The number of carbonyl (C=O) groups is 1. The van der Waals surface area contributed by atoms with Gasteiger partial charge in [-0.3, -0.25) is 9.79 Å². The second-order valence-electron chi connectivity index (χ2n) is 7.48. The van der Waals surface area contributed by atoms with E-state index in [-0.39, 0.29) is 30.1 Å². The van der Waals surface area contributed by atoms with Crippen LogP contribution in [-0.2, 0) is 17.6 Å². The van der Waals surface area contributed by atoms with Crippen molar-refractivity contribution < 1.29 is 27.6 Å². The number of nitrogens with one attached hydrogen (secondary N) is 1. The Hall–Kier alpha value is -3.66. The molecule has 0 saturated carbocycles. The summed E-state index contributed by atoms with van der Waals surface area (Å²) in [5, 5.41) is 15.5. The van der Waals surface area contributed by atoms with Gasteiger partial charge in [0.25, 0.3) is 0 Å². The minimum absolute atomic E-state index is 0.00176. The van der Waals surface area contributed by atoms with Crippen molar-refractivity contribution in [2.45, 2.75) is 19.2 Å². The maximum absolute atomic E-state index is 13.5. The van der Waals surface area contributed by atoms with E-state index in [0.29, 0.717) is 28.3 Å². The molecule has 10 heteroatoms. The van der Waals surface area contributed by atoms with Gasteiger partial charge >= 0.3 is 6.18 Å². The lowest BCUT2D eigenvalue weighted by molar-refractivity contribution is -0.137. The molecule has 3 aromatic rings. The first-order chi connectivity index (χ1) is 15.2. The van der Waals surface area contributed by atoms with Crippen molar-refractivity contribution in [1.29, 1.82) is 0 Å². The highest BCUT2D eigenvalue weighted by atomic mass is 19.4. The smallest absolute Gasteiger partial charge is 0.390 e. The molecule has 0 atom stereocenters. The van der Waals surface area contributed by atoms with E-state index in [1.807, 2.05) is 0 Å². The molecule has 1 aromatic heterocycles. The monoisotopic (exact) mass is 444 g/mol. The summed E-state index contributed by atoms with van der Waals surface area (Å²) < 4.78 is 45.9. The van der Waals surface area contributed by atoms with Crippen LogP contribution in [0.15, 0.2) is 52.0 Å². The minimum atomic E-state index is -4.59. The Morgan fingerprint density at radius 1 is 1.16 bits per heavy atom. The molecule has 166 valence electrons. The Kier molecular flexibility index (Phi) is 5.47. The van der Waals surface area contributed by atoms with Crippen molar-refractivity contribution in [3.05, 3.63) is 59.3 Å². The lowest BCUT2D eigenvalue weighted by Crippen LogP contribution is -2.18. The summed E-state index contributed by atoms with van der Waals surface area (Å²) in [6, 6.07) is 10.8. The first kappa shape index (κ1) is 21.6. The number of fused-ring (bicyclic) bond motifs is 1. The first-order valence-electron chi connectivity index (χ1n) is 9.63. The van der Waals surface area contributed by atoms with E-state index < -0.39 is 17.6 Å². The molecular formula is C22H19F3N4O3. The summed E-state index contributed by atoms with van der Waals surface area (Å²) in [4.78, 5) is 18.4. The zero-order valence-corrected chi connectivity index (χ0v) is 17.2. The van der Waals surface area contributed by atoms with E-state index in [1.54, 1.807) is 30.3 Å². The van der Waals surface area contributed by atoms with Gasteiger partial charge in [-0.05, 0) is 23.8 Å². The molecule has 1 amide bonds. The van der Waals surface area contributed by atoms with Crippen LogP contribution >= 0.6 is 0 Å². The van der Waals surface area contributed by atoms with Crippen LogP contribution in [0.25, 0.3) is 11.3 Å². The number of amides is 1. The van der Waals surface area contributed by atoms with Crippen LogP contribution in [0, 0.1) is 0 Å². The molecule has 1 aliphatic rings. The van der Waals surface area contributed by atoms with Crippen LogP contribution in [0.2, 0.25) is 0 Å². The lowest BCUT2D eigenvalue weighted by atomic mass is 10.0. The number of hydrogen-bond donors (Lipinski definition) is 2. The Balaban J connectivity index is 1.81. The van der Waals surface area contributed by atoms with E-state index in [9.17, 15) is 23.1 Å². The number of aromatic nitrogens is 1. The molecule has 32 heavy (non-hydrogen) atoms. The number of benzene rings is 2. The predicted octanol–water partition coefficient (Wildman–Crippen LogP) is 4.38. The molecular weight excluding hydrogens is 425 g/mol. The van der Waals surface area contributed by atoms with Crippen molar-refractivity contribution in [1.82, 2.24) is 5.16 Å². The molecule has 2 N–H and O–H groups in total. The SMILES string of the molecule is CN(C)c1cc2c(cc1C(F)(F)F)NC(=O)CC(c1cccc(-c3cc(CO)no3)c1)=N2. The van der Waals surface area contributed by atoms with Crippen molar-refractivity contribution in [2.75, 3.05) is 24.3 Å². The van der Waals surface area contributed by atoms with Crippen LogP contribution in [0.1, 0.15) is 23.2 Å². The Morgan fingerprint density at radius 3 is 2.56 bits per heavy atom. The second kappa shape index (κ2) is 8.12. The summed E-state index contributed by atoms with van der Waals surface area (Å²) in [5.41, 5.74) is 1.37. The van der Waals surface area contributed by atoms with Gasteiger partial charge in [0.15, 0.2) is 5.76 Å². The zero-order chi connectivity index (χ0) is 23.0. The summed E-state index contributed by atoms with van der Waals surface area (Å²) >= 11 is 0. The molecule has 0 spiro atoms. The predicted molar refractivity (Wildman–Crippen MR) is 113 cm³/mol. The lowest BCUT2D eigenvalue weighted by Gasteiger charge is -2.21. The highest BCUT2D eigenvalue weighted by Crippen LogP contribution is 2.43. The van der Waals surface area contributed by atoms with E-state index in [4.69, 9.17) is 4.52 Å². The number of nitrogens with zero attached hydrogens (tertiary/aromatic N) is 3. The van der Waals surface area contributed by atoms with Gasteiger partial charge in [0.05, 0.1) is 41.4 Å². The third-order valence-corrected chi connectivity index (χ3v) is 4.96. The fourth-order valence-corrected chi connectivity index (χ4v) is 3.44. The van der Waals surface area contributed by atoms with E-state index in [1.165, 1.54) is 25.1 Å².